The first-order valence-electron chi connectivity index (χ1n) is 21.6. The lowest BCUT2D eigenvalue weighted by atomic mass is 9.92. The Labute approximate surface area is 282 Å². The van der Waals surface area contributed by atoms with Gasteiger partial charge in [0.05, 0.1) is 0 Å². The van der Waals surface area contributed by atoms with E-state index in [1.807, 2.05) is 0 Å². The van der Waals surface area contributed by atoms with Gasteiger partial charge in [-0.2, -0.15) is 0 Å². The minimum absolute atomic E-state index is 0.905. The molecule has 0 aromatic heterocycles. The molecule has 0 aromatic carbocycles. The van der Waals surface area contributed by atoms with Crippen molar-refractivity contribution in [2.24, 2.45) is 5.92 Å². The van der Waals surface area contributed by atoms with E-state index in [0.717, 1.165) is 12.3 Å². The van der Waals surface area contributed by atoms with Crippen molar-refractivity contribution < 1.29 is 0 Å². The smallest absolute Gasteiger partial charge is 0.0414 e. The highest BCUT2D eigenvalue weighted by atomic mass is 14.1. The summed E-state index contributed by atoms with van der Waals surface area (Å²) in [5, 5.41) is 0. The molecule has 1 atom stereocenters. The van der Waals surface area contributed by atoms with Crippen LogP contribution >= 0.6 is 0 Å². The first kappa shape index (κ1) is 44.0. The molecule has 0 amide bonds. The van der Waals surface area contributed by atoms with Crippen molar-refractivity contribution in [3.05, 3.63) is 6.92 Å². The summed E-state index contributed by atoms with van der Waals surface area (Å²) >= 11 is 0. The number of hydrogen-bond donors (Lipinski definition) is 0. The van der Waals surface area contributed by atoms with Crippen LogP contribution in [0.1, 0.15) is 271 Å². The minimum atomic E-state index is 0.905. The summed E-state index contributed by atoms with van der Waals surface area (Å²) in [5.74, 6) is 0.905. The van der Waals surface area contributed by atoms with Gasteiger partial charge in [-0.3, -0.25) is 0 Å². The number of rotatable bonds is 40. The molecule has 0 aliphatic carbocycles. The molecule has 265 valence electrons. The van der Waals surface area contributed by atoms with Crippen LogP contribution in [0.4, 0.5) is 0 Å². The molecule has 0 spiro atoms. The van der Waals surface area contributed by atoms with Crippen LogP contribution < -0.4 is 0 Å². The first-order valence-corrected chi connectivity index (χ1v) is 21.6. The van der Waals surface area contributed by atoms with Crippen molar-refractivity contribution in [1.29, 1.82) is 0 Å². The van der Waals surface area contributed by atoms with Crippen LogP contribution in [0.2, 0.25) is 0 Å². The van der Waals surface area contributed by atoms with Gasteiger partial charge in [0.2, 0.25) is 0 Å². The summed E-state index contributed by atoms with van der Waals surface area (Å²) in [7, 11) is 0. The Hall–Kier alpha value is 0. The third-order valence-corrected chi connectivity index (χ3v) is 10.6. The molecule has 0 rings (SSSR count). The Morgan fingerprint density at radius 3 is 0.568 bits per heavy atom. The maximum Gasteiger partial charge on any atom is -0.0414 e. The summed E-state index contributed by atoms with van der Waals surface area (Å²) in [6, 6.07) is 0. The molecule has 0 nitrogen and oxygen atoms in total. The largest absolute Gasteiger partial charge is 0.0654 e. The highest BCUT2D eigenvalue weighted by Gasteiger charge is 2.06. The van der Waals surface area contributed by atoms with Crippen molar-refractivity contribution in [3.8, 4) is 0 Å². The van der Waals surface area contributed by atoms with Gasteiger partial charge in [-0.15, -0.1) is 0 Å². The zero-order chi connectivity index (χ0) is 31.9. The van der Waals surface area contributed by atoms with E-state index in [1.54, 1.807) is 0 Å². The third kappa shape index (κ3) is 38.2. The Bertz CT molecular complexity index is 467. The second-order valence-corrected chi connectivity index (χ2v) is 15.1. The van der Waals surface area contributed by atoms with E-state index < -0.39 is 0 Å². The quantitative estimate of drug-likeness (QED) is 0.0600. The predicted molar refractivity (Wildman–Crippen MR) is 205 cm³/mol. The van der Waals surface area contributed by atoms with Crippen molar-refractivity contribution in [2.75, 3.05) is 0 Å². The van der Waals surface area contributed by atoms with E-state index in [9.17, 15) is 0 Å². The standard InChI is InChI=1S/C44H89/c1-4-7-9-11-13-15-17-19-21-22-23-24-25-26-27-28-29-31-33-35-37-39-41-43-44(6-3)42-40-38-36-34-32-30-20-18-16-14-12-10-8-5-2/h44H,3-43H2,1-2H3. The molecule has 0 heteroatoms. The van der Waals surface area contributed by atoms with E-state index in [2.05, 4.69) is 20.8 Å². The lowest BCUT2D eigenvalue weighted by molar-refractivity contribution is 0.404. The molecule has 0 heterocycles. The van der Waals surface area contributed by atoms with Crippen LogP contribution in [0.15, 0.2) is 0 Å². The fourth-order valence-electron chi connectivity index (χ4n) is 7.28. The van der Waals surface area contributed by atoms with E-state index in [-0.39, 0.29) is 0 Å². The van der Waals surface area contributed by atoms with Crippen molar-refractivity contribution in [3.63, 3.8) is 0 Å². The maximum atomic E-state index is 4.28. The van der Waals surface area contributed by atoms with Gasteiger partial charge in [0.15, 0.2) is 0 Å². The molecule has 0 aromatic rings. The van der Waals surface area contributed by atoms with E-state index in [1.165, 1.54) is 250 Å². The highest BCUT2D eigenvalue weighted by Crippen LogP contribution is 2.22. The molecular weight excluding hydrogens is 528 g/mol. The summed E-state index contributed by atoms with van der Waals surface area (Å²) in [6.45, 7) is 8.90. The summed E-state index contributed by atoms with van der Waals surface area (Å²) in [5.41, 5.74) is 0. The van der Waals surface area contributed by atoms with Crippen LogP contribution in [-0.4, -0.2) is 0 Å². The molecule has 1 radical (unpaired) electrons. The number of unbranched alkanes of at least 4 members (excludes halogenated alkanes) is 35. The van der Waals surface area contributed by atoms with Gasteiger partial charge in [0.25, 0.3) is 0 Å². The zero-order valence-electron chi connectivity index (χ0n) is 31.6. The number of hydrogen-bond acceptors (Lipinski definition) is 0. The highest BCUT2D eigenvalue weighted by molar-refractivity contribution is 4.62. The van der Waals surface area contributed by atoms with Crippen LogP contribution in [0.5, 0.6) is 0 Å². The lowest BCUT2D eigenvalue weighted by Gasteiger charge is -2.14. The molecule has 44 heavy (non-hydrogen) atoms. The molecule has 0 bridgehead atoms. The van der Waals surface area contributed by atoms with Crippen molar-refractivity contribution in [1.82, 2.24) is 0 Å². The van der Waals surface area contributed by atoms with Gasteiger partial charge in [-0.1, -0.05) is 278 Å². The molecule has 0 saturated carbocycles. The SMILES string of the molecule is [CH2]CC(CCCCCCCCCCCCCCCC)CCCCCCCCCCCCCCCCCCCCCCCCC. The fourth-order valence-corrected chi connectivity index (χ4v) is 7.28. The topological polar surface area (TPSA) is 0 Å². The second-order valence-electron chi connectivity index (χ2n) is 15.1. The zero-order valence-corrected chi connectivity index (χ0v) is 31.6. The normalized spacial score (nSPS) is 12.3. The Kier molecular flexibility index (Phi) is 41.0. The summed E-state index contributed by atoms with van der Waals surface area (Å²) in [4.78, 5) is 0. The van der Waals surface area contributed by atoms with Gasteiger partial charge >= 0.3 is 0 Å². The van der Waals surface area contributed by atoms with Gasteiger partial charge in [-0.05, 0) is 5.92 Å². The minimum Gasteiger partial charge on any atom is -0.0654 e. The molecule has 0 saturated heterocycles. The van der Waals surface area contributed by atoms with Crippen LogP contribution in [0.25, 0.3) is 0 Å². The molecule has 1 unspecified atom stereocenters. The average Bonchev–Trinajstić information content (AvgIpc) is 3.04. The third-order valence-electron chi connectivity index (χ3n) is 10.6. The van der Waals surface area contributed by atoms with Crippen molar-refractivity contribution >= 4 is 0 Å². The Morgan fingerprint density at radius 1 is 0.250 bits per heavy atom. The average molecular weight is 618 g/mol. The van der Waals surface area contributed by atoms with Crippen molar-refractivity contribution in [2.45, 2.75) is 271 Å². The van der Waals surface area contributed by atoms with Gasteiger partial charge in [0, 0.05) is 0 Å². The fraction of sp³-hybridized carbons (Fsp3) is 0.977. The van der Waals surface area contributed by atoms with Gasteiger partial charge in [-0.25, -0.2) is 0 Å². The molecule has 0 aliphatic rings. The Morgan fingerprint density at radius 2 is 0.409 bits per heavy atom. The Balaban J connectivity index is 3.22. The van der Waals surface area contributed by atoms with Gasteiger partial charge < -0.3 is 0 Å². The van der Waals surface area contributed by atoms with E-state index in [4.69, 9.17) is 0 Å². The maximum absolute atomic E-state index is 4.28. The monoisotopic (exact) mass is 618 g/mol. The summed E-state index contributed by atoms with van der Waals surface area (Å²) in [6.07, 6.45) is 58.5. The van der Waals surface area contributed by atoms with Gasteiger partial charge in [0.1, 0.15) is 0 Å². The van der Waals surface area contributed by atoms with Crippen LogP contribution in [0.3, 0.4) is 0 Å². The molecular formula is C44H89. The predicted octanol–water partition coefficient (Wildman–Crippen LogP) is 17.1. The lowest BCUT2D eigenvalue weighted by Crippen LogP contribution is -1.99. The summed E-state index contributed by atoms with van der Waals surface area (Å²) < 4.78 is 0. The van der Waals surface area contributed by atoms with Crippen LogP contribution in [0, 0.1) is 12.8 Å². The van der Waals surface area contributed by atoms with Crippen LogP contribution in [-0.2, 0) is 0 Å². The molecule has 0 fully saturated rings. The first-order chi connectivity index (χ1) is 21.8. The molecule has 0 N–H and O–H groups in total. The molecule has 0 aliphatic heterocycles. The van der Waals surface area contributed by atoms with E-state index in [0.29, 0.717) is 0 Å². The second kappa shape index (κ2) is 41.0. The van der Waals surface area contributed by atoms with E-state index >= 15 is 0 Å².